The summed E-state index contributed by atoms with van der Waals surface area (Å²) in [6.45, 7) is 4.51. The molecular formula is C13H27N. The van der Waals surface area contributed by atoms with Crippen LogP contribution >= 0.6 is 0 Å². The highest BCUT2D eigenvalue weighted by atomic mass is 14.7. The van der Waals surface area contributed by atoms with E-state index in [0.717, 1.165) is 12.3 Å². The van der Waals surface area contributed by atoms with Crippen molar-refractivity contribution in [2.24, 2.45) is 11.7 Å². The Hall–Kier alpha value is -0.0400. The van der Waals surface area contributed by atoms with Crippen LogP contribution in [0.2, 0.25) is 0 Å². The first-order valence-electron chi connectivity index (χ1n) is 6.49. The Morgan fingerprint density at radius 3 is 2.36 bits per heavy atom. The van der Waals surface area contributed by atoms with Gasteiger partial charge in [-0.05, 0) is 25.2 Å². The zero-order valence-corrected chi connectivity index (χ0v) is 10.0. The number of hydrogen-bond donors (Lipinski definition) is 1. The molecule has 1 heteroatoms. The minimum atomic E-state index is 0.158. The summed E-state index contributed by atoms with van der Waals surface area (Å²) < 4.78 is 0. The van der Waals surface area contributed by atoms with Crippen molar-refractivity contribution >= 4 is 0 Å². The molecule has 1 unspecified atom stereocenters. The smallest absolute Gasteiger partial charge is 0.0154 e. The maximum Gasteiger partial charge on any atom is 0.0154 e. The molecule has 0 bridgehead atoms. The van der Waals surface area contributed by atoms with E-state index in [1.807, 2.05) is 0 Å². The van der Waals surface area contributed by atoms with Gasteiger partial charge in [0.05, 0.1) is 0 Å². The first-order chi connectivity index (χ1) is 6.70. The van der Waals surface area contributed by atoms with Crippen LogP contribution in [0.25, 0.3) is 0 Å². The lowest BCUT2D eigenvalue weighted by molar-refractivity contribution is 0.284. The third-order valence-electron chi connectivity index (χ3n) is 3.90. The van der Waals surface area contributed by atoms with Gasteiger partial charge in [-0.25, -0.2) is 0 Å². The van der Waals surface area contributed by atoms with Crippen LogP contribution in [0.4, 0.5) is 0 Å². The summed E-state index contributed by atoms with van der Waals surface area (Å²) >= 11 is 0. The molecule has 0 saturated heterocycles. The van der Waals surface area contributed by atoms with Crippen LogP contribution in [0.5, 0.6) is 0 Å². The van der Waals surface area contributed by atoms with Crippen molar-refractivity contribution in [1.29, 1.82) is 0 Å². The number of unbranched alkanes of at least 4 members (excludes halogenated alkanes) is 1. The second-order valence-electron chi connectivity index (χ2n) is 5.17. The minimum absolute atomic E-state index is 0.158. The normalized spacial score (nSPS) is 22.5. The van der Waals surface area contributed by atoms with Gasteiger partial charge in [-0.2, -0.15) is 0 Å². The minimum Gasteiger partial charge on any atom is -0.325 e. The van der Waals surface area contributed by atoms with E-state index < -0.39 is 0 Å². The maximum atomic E-state index is 6.46. The molecule has 0 amide bonds. The molecule has 1 nitrogen and oxygen atoms in total. The fraction of sp³-hybridized carbons (Fsp3) is 1.00. The molecule has 0 aliphatic heterocycles. The second kappa shape index (κ2) is 5.75. The van der Waals surface area contributed by atoms with Crippen molar-refractivity contribution < 1.29 is 0 Å². The number of hydrogen-bond acceptors (Lipinski definition) is 1. The van der Waals surface area contributed by atoms with E-state index >= 15 is 0 Å². The van der Waals surface area contributed by atoms with Gasteiger partial charge in [0.25, 0.3) is 0 Å². The van der Waals surface area contributed by atoms with E-state index in [-0.39, 0.29) is 5.54 Å². The molecule has 1 saturated carbocycles. The molecule has 84 valence electrons. The molecule has 14 heavy (non-hydrogen) atoms. The molecule has 0 aromatic rings. The largest absolute Gasteiger partial charge is 0.325 e. The third-order valence-corrected chi connectivity index (χ3v) is 3.90. The van der Waals surface area contributed by atoms with E-state index in [4.69, 9.17) is 5.73 Å². The standard InChI is InChI=1S/C13H27N/c1-3-5-10-13(14,4-2)11-12-8-6-7-9-12/h12H,3-11,14H2,1-2H3. The van der Waals surface area contributed by atoms with Gasteiger partial charge in [0.1, 0.15) is 0 Å². The van der Waals surface area contributed by atoms with Crippen molar-refractivity contribution in [3.05, 3.63) is 0 Å². The molecule has 2 N–H and O–H groups in total. The molecule has 0 aromatic heterocycles. The number of rotatable bonds is 6. The summed E-state index contributed by atoms with van der Waals surface area (Å²) in [5, 5.41) is 0. The van der Waals surface area contributed by atoms with Crippen molar-refractivity contribution in [3.63, 3.8) is 0 Å². The summed E-state index contributed by atoms with van der Waals surface area (Å²) in [7, 11) is 0. The van der Waals surface area contributed by atoms with Crippen LogP contribution in [0.3, 0.4) is 0 Å². The predicted octanol–water partition coefficient (Wildman–Crippen LogP) is 3.86. The molecule has 0 heterocycles. The first kappa shape index (κ1) is 12.0. The molecule has 1 fully saturated rings. The summed E-state index contributed by atoms with van der Waals surface area (Å²) in [6, 6.07) is 0. The molecule has 0 radical (unpaired) electrons. The van der Waals surface area contributed by atoms with Crippen LogP contribution in [0.15, 0.2) is 0 Å². The molecule has 0 spiro atoms. The van der Waals surface area contributed by atoms with Crippen molar-refractivity contribution in [1.82, 2.24) is 0 Å². The van der Waals surface area contributed by atoms with Crippen LogP contribution in [0, 0.1) is 5.92 Å². The van der Waals surface area contributed by atoms with Crippen molar-refractivity contribution in [3.8, 4) is 0 Å². The van der Waals surface area contributed by atoms with Gasteiger partial charge in [0.15, 0.2) is 0 Å². The highest BCUT2D eigenvalue weighted by Gasteiger charge is 2.27. The van der Waals surface area contributed by atoms with Crippen LogP contribution < -0.4 is 5.73 Å². The average Bonchev–Trinajstić information content (AvgIpc) is 2.67. The first-order valence-corrected chi connectivity index (χ1v) is 6.49. The molecular weight excluding hydrogens is 170 g/mol. The van der Waals surface area contributed by atoms with Crippen LogP contribution in [0.1, 0.15) is 71.6 Å². The fourth-order valence-corrected chi connectivity index (χ4v) is 2.74. The van der Waals surface area contributed by atoms with Crippen LogP contribution in [-0.4, -0.2) is 5.54 Å². The van der Waals surface area contributed by atoms with Gasteiger partial charge in [-0.15, -0.1) is 0 Å². The van der Waals surface area contributed by atoms with Gasteiger partial charge in [-0.3, -0.25) is 0 Å². The molecule has 1 rings (SSSR count). The highest BCUT2D eigenvalue weighted by Crippen LogP contribution is 2.34. The number of nitrogens with two attached hydrogens (primary N) is 1. The second-order valence-corrected chi connectivity index (χ2v) is 5.17. The average molecular weight is 197 g/mol. The molecule has 1 aliphatic carbocycles. The lowest BCUT2D eigenvalue weighted by atomic mass is 9.81. The van der Waals surface area contributed by atoms with E-state index in [0.29, 0.717) is 0 Å². The van der Waals surface area contributed by atoms with E-state index in [1.165, 1.54) is 51.4 Å². The van der Waals surface area contributed by atoms with Gasteiger partial charge in [0.2, 0.25) is 0 Å². The Bertz CT molecular complexity index is 149. The Labute approximate surface area is 89.5 Å². The molecule has 1 aliphatic rings. The summed E-state index contributed by atoms with van der Waals surface area (Å²) in [5.74, 6) is 0.941. The van der Waals surface area contributed by atoms with Crippen molar-refractivity contribution in [2.45, 2.75) is 77.2 Å². The zero-order valence-electron chi connectivity index (χ0n) is 10.0. The zero-order chi connectivity index (χ0) is 10.4. The van der Waals surface area contributed by atoms with Gasteiger partial charge >= 0.3 is 0 Å². The van der Waals surface area contributed by atoms with Gasteiger partial charge in [0, 0.05) is 5.54 Å². The molecule has 1 atom stereocenters. The quantitative estimate of drug-likeness (QED) is 0.687. The SMILES string of the molecule is CCCCC(N)(CC)CC1CCCC1. The van der Waals surface area contributed by atoms with Crippen LogP contribution in [-0.2, 0) is 0 Å². The van der Waals surface area contributed by atoms with E-state index in [9.17, 15) is 0 Å². The van der Waals surface area contributed by atoms with E-state index in [1.54, 1.807) is 0 Å². The highest BCUT2D eigenvalue weighted by molar-refractivity contribution is 4.86. The van der Waals surface area contributed by atoms with E-state index in [2.05, 4.69) is 13.8 Å². The Balaban J connectivity index is 2.34. The Morgan fingerprint density at radius 1 is 1.21 bits per heavy atom. The topological polar surface area (TPSA) is 26.0 Å². The van der Waals surface area contributed by atoms with Gasteiger partial charge in [-0.1, -0.05) is 52.4 Å². The maximum absolute atomic E-state index is 6.46. The Morgan fingerprint density at radius 2 is 1.86 bits per heavy atom. The van der Waals surface area contributed by atoms with Crippen molar-refractivity contribution in [2.75, 3.05) is 0 Å². The summed E-state index contributed by atoms with van der Waals surface area (Å²) in [6.07, 6.45) is 12.0. The predicted molar refractivity (Wildman–Crippen MR) is 63.3 cm³/mol. The Kier molecular flexibility index (Phi) is 4.94. The summed E-state index contributed by atoms with van der Waals surface area (Å²) in [5.41, 5.74) is 6.62. The van der Waals surface area contributed by atoms with Gasteiger partial charge < -0.3 is 5.73 Å². The third kappa shape index (κ3) is 3.61. The summed E-state index contributed by atoms with van der Waals surface area (Å²) in [4.78, 5) is 0. The lowest BCUT2D eigenvalue weighted by Crippen LogP contribution is -2.40. The molecule has 0 aromatic carbocycles. The fourth-order valence-electron chi connectivity index (χ4n) is 2.74. The monoisotopic (exact) mass is 197 g/mol. The lowest BCUT2D eigenvalue weighted by Gasteiger charge is -2.31.